The van der Waals surface area contributed by atoms with Gasteiger partial charge in [-0.05, 0) is 24.6 Å². The number of amides is 1. The summed E-state index contributed by atoms with van der Waals surface area (Å²) in [7, 11) is 0. The van der Waals surface area contributed by atoms with Crippen LogP contribution < -0.4 is 4.90 Å². The highest BCUT2D eigenvalue weighted by molar-refractivity contribution is 7.14. The van der Waals surface area contributed by atoms with Crippen molar-refractivity contribution >= 4 is 45.6 Å². The average molecular weight is 427 g/mol. The molecular weight excluding hydrogens is 412 g/mol. The van der Waals surface area contributed by atoms with Crippen molar-refractivity contribution in [3.05, 3.63) is 33.6 Å². The number of aromatic nitrogens is 1. The van der Waals surface area contributed by atoms with E-state index in [0.717, 1.165) is 0 Å². The fourth-order valence-corrected chi connectivity index (χ4v) is 3.47. The highest BCUT2D eigenvalue weighted by Gasteiger charge is 2.28. The van der Waals surface area contributed by atoms with E-state index in [1.165, 1.54) is 16.2 Å². The molecule has 1 heterocycles. The van der Waals surface area contributed by atoms with Gasteiger partial charge in [0.05, 0.1) is 10.7 Å². The molecule has 4 nitrogen and oxygen atoms in total. The zero-order chi connectivity index (χ0) is 19.3. The molecule has 0 aliphatic rings. The molecular formula is C16H15Cl2F3N2O2S. The summed E-state index contributed by atoms with van der Waals surface area (Å²) in [6.45, 7) is 0.0231. The zero-order valence-electron chi connectivity index (χ0n) is 13.6. The molecule has 0 aliphatic heterocycles. The number of nitrogens with zero attached hydrogens (tertiary/aromatic N) is 2. The van der Waals surface area contributed by atoms with Crippen LogP contribution in [0.1, 0.15) is 13.3 Å². The topological polar surface area (TPSA) is 42.4 Å². The van der Waals surface area contributed by atoms with Crippen molar-refractivity contribution in [3.8, 4) is 11.3 Å². The quantitative estimate of drug-likeness (QED) is 0.591. The summed E-state index contributed by atoms with van der Waals surface area (Å²) in [4.78, 5) is 17.9. The predicted octanol–water partition coefficient (Wildman–Crippen LogP) is 5.44. The number of carbonyl (C=O) groups is 1. The van der Waals surface area contributed by atoms with Crippen LogP contribution in [0.3, 0.4) is 0 Å². The van der Waals surface area contributed by atoms with Gasteiger partial charge in [0.15, 0.2) is 5.13 Å². The van der Waals surface area contributed by atoms with Crippen LogP contribution in [0.5, 0.6) is 0 Å². The fraction of sp³-hybridized carbons (Fsp3) is 0.375. The molecule has 0 saturated heterocycles. The lowest BCUT2D eigenvalue weighted by atomic mass is 10.2. The Balaban J connectivity index is 2.15. The van der Waals surface area contributed by atoms with Crippen molar-refractivity contribution in [2.24, 2.45) is 0 Å². The maximum absolute atomic E-state index is 12.2. The standard InChI is InChI=1S/C16H15Cl2F3N2O2S/c1-2-5-23(14(24)7-25-9-16(19,20)21)15-22-13(8-26-15)11-4-3-10(17)6-12(11)18/h3-4,6,8H,2,5,7,9H2,1H3. The van der Waals surface area contributed by atoms with E-state index in [1.807, 2.05) is 6.92 Å². The minimum Gasteiger partial charge on any atom is -0.362 e. The van der Waals surface area contributed by atoms with Gasteiger partial charge in [-0.15, -0.1) is 11.3 Å². The third-order valence-electron chi connectivity index (χ3n) is 3.17. The molecule has 10 heteroatoms. The van der Waals surface area contributed by atoms with Gasteiger partial charge < -0.3 is 4.74 Å². The van der Waals surface area contributed by atoms with Gasteiger partial charge in [-0.2, -0.15) is 13.2 Å². The molecule has 0 bridgehead atoms. The van der Waals surface area contributed by atoms with Crippen molar-refractivity contribution in [2.75, 3.05) is 24.7 Å². The van der Waals surface area contributed by atoms with Crippen molar-refractivity contribution in [1.29, 1.82) is 0 Å². The number of benzene rings is 1. The molecule has 0 radical (unpaired) electrons. The average Bonchev–Trinajstić information content (AvgIpc) is 3.00. The molecule has 1 amide bonds. The van der Waals surface area contributed by atoms with Crippen LogP contribution in [0.25, 0.3) is 11.3 Å². The Labute approximate surface area is 162 Å². The first-order chi connectivity index (χ1) is 12.2. The number of carbonyl (C=O) groups excluding carboxylic acids is 1. The van der Waals surface area contributed by atoms with E-state index in [0.29, 0.717) is 39.4 Å². The summed E-state index contributed by atoms with van der Waals surface area (Å²) in [6, 6.07) is 4.96. The first kappa shape index (κ1) is 21.0. The molecule has 0 aliphatic carbocycles. The largest absolute Gasteiger partial charge is 0.411 e. The molecule has 0 unspecified atom stereocenters. The first-order valence-electron chi connectivity index (χ1n) is 7.57. The molecule has 2 rings (SSSR count). The Morgan fingerprint density at radius 3 is 2.69 bits per heavy atom. The number of hydrogen-bond acceptors (Lipinski definition) is 4. The lowest BCUT2D eigenvalue weighted by Crippen LogP contribution is -2.35. The summed E-state index contributed by atoms with van der Waals surface area (Å²) in [5.74, 6) is -0.584. The monoisotopic (exact) mass is 426 g/mol. The number of ether oxygens (including phenoxy) is 1. The number of halogens is 5. The minimum absolute atomic E-state index is 0.315. The first-order valence-corrected chi connectivity index (χ1v) is 9.20. The van der Waals surface area contributed by atoms with Gasteiger partial charge in [-0.3, -0.25) is 9.69 Å². The molecule has 0 N–H and O–H groups in total. The van der Waals surface area contributed by atoms with Crippen LogP contribution in [0.2, 0.25) is 10.0 Å². The van der Waals surface area contributed by atoms with E-state index >= 15 is 0 Å². The molecule has 0 saturated carbocycles. The summed E-state index contributed by atoms with van der Waals surface area (Å²) in [5, 5.41) is 2.99. The van der Waals surface area contributed by atoms with E-state index in [-0.39, 0.29) is 0 Å². The lowest BCUT2D eigenvalue weighted by Gasteiger charge is -2.19. The molecule has 142 valence electrons. The second-order valence-electron chi connectivity index (χ2n) is 5.29. The Kier molecular flexibility index (Phi) is 7.28. The maximum atomic E-state index is 12.2. The smallest absolute Gasteiger partial charge is 0.362 e. The third-order valence-corrected chi connectivity index (χ3v) is 4.58. The molecule has 26 heavy (non-hydrogen) atoms. The summed E-state index contributed by atoms with van der Waals surface area (Å²) in [5.41, 5.74) is 1.20. The second kappa shape index (κ2) is 9.03. The van der Waals surface area contributed by atoms with E-state index < -0.39 is 25.3 Å². The third kappa shape index (κ3) is 5.84. The number of rotatable bonds is 7. The molecule has 2 aromatic rings. The summed E-state index contributed by atoms with van der Waals surface area (Å²) in [6.07, 6.45) is -3.86. The van der Waals surface area contributed by atoms with Gasteiger partial charge in [0.2, 0.25) is 0 Å². The molecule has 0 atom stereocenters. The van der Waals surface area contributed by atoms with Crippen molar-refractivity contribution in [2.45, 2.75) is 19.5 Å². The second-order valence-corrected chi connectivity index (χ2v) is 6.97. The van der Waals surface area contributed by atoms with Crippen LogP contribution >= 0.6 is 34.5 Å². The minimum atomic E-state index is -4.48. The highest BCUT2D eigenvalue weighted by Crippen LogP contribution is 2.33. The van der Waals surface area contributed by atoms with Gasteiger partial charge in [-0.1, -0.05) is 30.1 Å². The summed E-state index contributed by atoms with van der Waals surface area (Å²) >= 11 is 13.2. The highest BCUT2D eigenvalue weighted by atomic mass is 35.5. The fourth-order valence-electron chi connectivity index (χ4n) is 2.09. The maximum Gasteiger partial charge on any atom is 0.411 e. The number of anilines is 1. The number of hydrogen-bond donors (Lipinski definition) is 0. The Morgan fingerprint density at radius 1 is 1.35 bits per heavy atom. The van der Waals surface area contributed by atoms with Gasteiger partial charge in [0, 0.05) is 22.5 Å². The van der Waals surface area contributed by atoms with Gasteiger partial charge in [-0.25, -0.2) is 4.98 Å². The zero-order valence-corrected chi connectivity index (χ0v) is 16.0. The van der Waals surface area contributed by atoms with Crippen LogP contribution in [0.15, 0.2) is 23.6 Å². The van der Waals surface area contributed by atoms with Gasteiger partial charge >= 0.3 is 6.18 Å². The molecule has 1 aromatic heterocycles. The van der Waals surface area contributed by atoms with E-state index in [4.69, 9.17) is 23.2 Å². The van der Waals surface area contributed by atoms with E-state index in [2.05, 4.69) is 9.72 Å². The van der Waals surface area contributed by atoms with Crippen molar-refractivity contribution in [1.82, 2.24) is 4.98 Å². The van der Waals surface area contributed by atoms with Crippen LogP contribution in [0, 0.1) is 0 Å². The van der Waals surface area contributed by atoms with E-state index in [9.17, 15) is 18.0 Å². The molecule has 1 aromatic carbocycles. The number of thiazole rings is 1. The van der Waals surface area contributed by atoms with Gasteiger partial charge in [0.25, 0.3) is 5.91 Å². The lowest BCUT2D eigenvalue weighted by molar-refractivity contribution is -0.175. The Morgan fingerprint density at radius 2 is 2.08 bits per heavy atom. The van der Waals surface area contributed by atoms with E-state index in [1.54, 1.807) is 23.6 Å². The predicted molar refractivity (Wildman–Crippen MR) is 97.1 cm³/mol. The van der Waals surface area contributed by atoms with Gasteiger partial charge in [0.1, 0.15) is 13.2 Å². The normalized spacial score (nSPS) is 11.6. The Hall–Kier alpha value is -1.35. The SMILES string of the molecule is CCCN(C(=O)COCC(F)(F)F)c1nc(-c2ccc(Cl)cc2Cl)cs1. The molecule has 0 spiro atoms. The van der Waals surface area contributed by atoms with Crippen LogP contribution in [-0.2, 0) is 9.53 Å². The Bertz CT molecular complexity index is 768. The summed E-state index contributed by atoms with van der Waals surface area (Å²) < 4.78 is 40.9. The number of alkyl halides is 3. The molecule has 0 fully saturated rings. The van der Waals surface area contributed by atoms with Crippen molar-refractivity contribution in [3.63, 3.8) is 0 Å². The van der Waals surface area contributed by atoms with Crippen LogP contribution in [0.4, 0.5) is 18.3 Å². The van der Waals surface area contributed by atoms with Crippen molar-refractivity contribution < 1.29 is 22.7 Å². The van der Waals surface area contributed by atoms with Crippen LogP contribution in [-0.4, -0.2) is 36.8 Å².